The number of aliphatic carboxylic acids is 1. The summed E-state index contributed by atoms with van der Waals surface area (Å²) in [5.41, 5.74) is 0. The molecule has 15 heavy (non-hydrogen) atoms. The minimum absolute atomic E-state index is 0. The van der Waals surface area contributed by atoms with Crippen molar-refractivity contribution < 1.29 is 67.4 Å². The molecular weight excluding hydrogens is 266 g/mol. The number of benzene rings is 1. The molecule has 1 aromatic carbocycles. The number of carboxylic acid groups (broad SMARTS) is 1. The summed E-state index contributed by atoms with van der Waals surface area (Å²) in [6, 6.07) is 4.61. The maximum absolute atomic E-state index is 10.5. The van der Waals surface area contributed by atoms with Gasteiger partial charge in [-0.25, -0.2) is 4.79 Å². The SMILES string of the molecule is CC(Oc1ccc(Cl)cc1Cl)C(=O)O.[H-].[K+]. The van der Waals surface area contributed by atoms with Gasteiger partial charge in [-0.05, 0) is 25.1 Å². The first kappa shape index (κ1) is 15.7. The zero-order valence-corrected chi connectivity index (χ0v) is 13.0. The van der Waals surface area contributed by atoms with Crippen molar-refractivity contribution >= 4 is 29.2 Å². The van der Waals surface area contributed by atoms with E-state index < -0.39 is 12.1 Å². The quantitative estimate of drug-likeness (QED) is 0.788. The van der Waals surface area contributed by atoms with Crippen molar-refractivity contribution in [1.29, 1.82) is 0 Å². The molecule has 0 aliphatic heterocycles. The Hall–Kier alpha value is 0.706. The molecule has 0 heterocycles. The second-order valence-corrected chi connectivity index (χ2v) is 3.52. The van der Waals surface area contributed by atoms with E-state index in [1.165, 1.54) is 19.1 Å². The van der Waals surface area contributed by atoms with Gasteiger partial charge in [0.1, 0.15) is 5.75 Å². The van der Waals surface area contributed by atoms with E-state index in [2.05, 4.69) is 0 Å². The first-order valence-corrected chi connectivity index (χ1v) is 4.61. The first-order chi connectivity index (χ1) is 6.50. The van der Waals surface area contributed by atoms with Gasteiger partial charge in [0.15, 0.2) is 6.10 Å². The Morgan fingerprint density at radius 2 is 2.13 bits per heavy atom. The van der Waals surface area contributed by atoms with Crippen molar-refractivity contribution in [3.05, 3.63) is 28.2 Å². The Kier molecular flexibility index (Phi) is 7.45. The van der Waals surface area contributed by atoms with Crippen LogP contribution in [0.5, 0.6) is 5.75 Å². The van der Waals surface area contributed by atoms with Gasteiger partial charge in [-0.2, -0.15) is 0 Å². The Balaban J connectivity index is 0. The fourth-order valence-electron chi connectivity index (χ4n) is 0.812. The molecule has 0 saturated carbocycles. The molecule has 0 radical (unpaired) electrons. The summed E-state index contributed by atoms with van der Waals surface area (Å²) in [7, 11) is 0. The van der Waals surface area contributed by atoms with Crippen molar-refractivity contribution in [3.63, 3.8) is 0 Å². The molecule has 0 bridgehead atoms. The maximum Gasteiger partial charge on any atom is 1.00 e. The van der Waals surface area contributed by atoms with E-state index in [-0.39, 0.29) is 52.8 Å². The molecular formula is C9H9Cl2KO3. The summed E-state index contributed by atoms with van der Waals surface area (Å²) in [5.74, 6) is -0.734. The van der Waals surface area contributed by atoms with E-state index in [1.807, 2.05) is 0 Å². The molecule has 0 fully saturated rings. The predicted octanol–water partition coefficient (Wildman–Crippen LogP) is -0.0382. The fraction of sp³-hybridized carbons (Fsp3) is 0.222. The van der Waals surface area contributed by atoms with E-state index in [0.29, 0.717) is 15.8 Å². The van der Waals surface area contributed by atoms with Crippen molar-refractivity contribution in [2.75, 3.05) is 0 Å². The van der Waals surface area contributed by atoms with Gasteiger partial charge in [-0.1, -0.05) is 23.2 Å². The Labute approximate surface area is 142 Å². The fourth-order valence-corrected chi connectivity index (χ4v) is 1.26. The van der Waals surface area contributed by atoms with Crippen molar-refractivity contribution in [3.8, 4) is 5.75 Å². The van der Waals surface area contributed by atoms with Crippen molar-refractivity contribution in [1.82, 2.24) is 0 Å². The zero-order chi connectivity index (χ0) is 10.7. The topological polar surface area (TPSA) is 46.5 Å². The van der Waals surface area contributed by atoms with Crippen LogP contribution in [0.4, 0.5) is 0 Å². The summed E-state index contributed by atoms with van der Waals surface area (Å²) in [6.45, 7) is 1.42. The molecule has 0 aromatic heterocycles. The van der Waals surface area contributed by atoms with Gasteiger partial charge in [0.25, 0.3) is 0 Å². The first-order valence-electron chi connectivity index (χ1n) is 3.85. The molecule has 0 aliphatic carbocycles. The molecule has 3 nitrogen and oxygen atoms in total. The number of rotatable bonds is 3. The van der Waals surface area contributed by atoms with Crippen LogP contribution < -0.4 is 56.1 Å². The molecule has 6 heteroatoms. The van der Waals surface area contributed by atoms with E-state index in [4.69, 9.17) is 33.0 Å². The average molecular weight is 275 g/mol. The van der Waals surface area contributed by atoms with Crippen LogP contribution in [-0.4, -0.2) is 17.2 Å². The minimum Gasteiger partial charge on any atom is -1.00 e. The Morgan fingerprint density at radius 1 is 1.53 bits per heavy atom. The number of hydrogen-bond acceptors (Lipinski definition) is 2. The third-order valence-corrected chi connectivity index (χ3v) is 2.08. The van der Waals surface area contributed by atoms with Gasteiger partial charge in [0, 0.05) is 5.02 Å². The number of ether oxygens (including phenoxy) is 1. The standard InChI is InChI=1S/C9H8Cl2O3.K.H/c1-5(9(12)13)14-8-3-2-6(10)4-7(8)11;;/h2-5H,1H3,(H,12,13);;/q;+1;-1. The van der Waals surface area contributed by atoms with E-state index >= 15 is 0 Å². The van der Waals surface area contributed by atoms with Crippen molar-refractivity contribution in [2.45, 2.75) is 13.0 Å². The third kappa shape index (κ3) is 5.04. The van der Waals surface area contributed by atoms with Gasteiger partial charge < -0.3 is 11.3 Å². The van der Waals surface area contributed by atoms with Crippen LogP contribution in [-0.2, 0) is 4.79 Å². The monoisotopic (exact) mass is 274 g/mol. The molecule has 0 spiro atoms. The molecule has 0 saturated heterocycles. The molecule has 78 valence electrons. The summed E-state index contributed by atoms with van der Waals surface area (Å²) in [5, 5.41) is 9.37. The maximum atomic E-state index is 10.5. The van der Waals surface area contributed by atoms with Gasteiger partial charge in [0.2, 0.25) is 0 Å². The summed E-state index contributed by atoms with van der Waals surface area (Å²) < 4.78 is 5.07. The molecule has 0 amide bonds. The van der Waals surface area contributed by atoms with Gasteiger partial charge >= 0.3 is 57.4 Å². The van der Waals surface area contributed by atoms with E-state index in [1.54, 1.807) is 6.07 Å². The number of halogens is 2. The molecule has 1 N–H and O–H groups in total. The second kappa shape index (κ2) is 7.11. The van der Waals surface area contributed by atoms with Gasteiger partial charge in [-0.15, -0.1) is 0 Å². The minimum atomic E-state index is -1.05. The average Bonchev–Trinajstić information content (AvgIpc) is 2.09. The summed E-state index contributed by atoms with van der Waals surface area (Å²) >= 11 is 11.4. The summed E-state index contributed by atoms with van der Waals surface area (Å²) in [4.78, 5) is 10.5. The third-order valence-electron chi connectivity index (χ3n) is 1.55. The molecule has 0 aliphatic rings. The largest absolute Gasteiger partial charge is 1.00 e. The second-order valence-electron chi connectivity index (χ2n) is 2.67. The van der Waals surface area contributed by atoms with Crippen LogP contribution in [0.3, 0.4) is 0 Å². The van der Waals surface area contributed by atoms with Crippen LogP contribution in [0.25, 0.3) is 0 Å². The van der Waals surface area contributed by atoms with Gasteiger partial charge in [0.05, 0.1) is 5.02 Å². The Bertz CT molecular complexity index is 363. The molecule has 1 atom stereocenters. The van der Waals surface area contributed by atoms with Crippen LogP contribution in [0.2, 0.25) is 10.0 Å². The van der Waals surface area contributed by atoms with Gasteiger partial charge in [-0.3, -0.25) is 0 Å². The predicted molar refractivity (Wildman–Crippen MR) is 55.3 cm³/mol. The van der Waals surface area contributed by atoms with Crippen LogP contribution in [0.1, 0.15) is 8.35 Å². The zero-order valence-electron chi connectivity index (χ0n) is 9.33. The molecule has 1 aromatic rings. The number of carboxylic acids is 1. The molecule has 1 rings (SSSR count). The van der Waals surface area contributed by atoms with Crippen molar-refractivity contribution in [2.24, 2.45) is 0 Å². The van der Waals surface area contributed by atoms with E-state index in [9.17, 15) is 4.79 Å². The van der Waals surface area contributed by atoms with E-state index in [0.717, 1.165) is 0 Å². The van der Waals surface area contributed by atoms with Crippen LogP contribution in [0.15, 0.2) is 18.2 Å². The number of hydrogen-bond donors (Lipinski definition) is 1. The number of carbonyl (C=O) groups is 1. The smallest absolute Gasteiger partial charge is 1.00 e. The Morgan fingerprint density at radius 3 is 2.60 bits per heavy atom. The summed E-state index contributed by atoms with van der Waals surface area (Å²) in [6.07, 6.45) is -0.936. The van der Waals surface area contributed by atoms with Crippen LogP contribution in [0, 0.1) is 0 Å². The molecule has 1 unspecified atom stereocenters. The van der Waals surface area contributed by atoms with Crippen LogP contribution >= 0.6 is 23.2 Å². The normalized spacial score (nSPS) is 11.4.